The Bertz CT molecular complexity index is 451. The molecule has 0 spiro atoms. The predicted molar refractivity (Wildman–Crippen MR) is 76.6 cm³/mol. The van der Waals surface area contributed by atoms with Crippen LogP contribution >= 0.6 is 0 Å². The highest BCUT2D eigenvalue weighted by Gasteiger charge is 2.10. The smallest absolute Gasteiger partial charge is 0.147 e. The van der Waals surface area contributed by atoms with Gasteiger partial charge in [-0.2, -0.15) is 0 Å². The van der Waals surface area contributed by atoms with Crippen molar-refractivity contribution >= 4 is 9.84 Å². The summed E-state index contributed by atoms with van der Waals surface area (Å²) in [6.45, 7) is 2.14. The van der Waals surface area contributed by atoms with Gasteiger partial charge in [-0.15, -0.1) is 0 Å². The van der Waals surface area contributed by atoms with Crippen molar-refractivity contribution in [1.82, 2.24) is 5.32 Å². The van der Waals surface area contributed by atoms with E-state index in [4.69, 9.17) is 0 Å². The molecule has 0 aliphatic rings. The third kappa shape index (κ3) is 5.19. The van der Waals surface area contributed by atoms with E-state index in [2.05, 4.69) is 36.5 Å². The van der Waals surface area contributed by atoms with E-state index in [0.29, 0.717) is 6.42 Å². The van der Waals surface area contributed by atoms with Gasteiger partial charge in [0.25, 0.3) is 0 Å². The van der Waals surface area contributed by atoms with Crippen molar-refractivity contribution in [3.05, 3.63) is 35.4 Å². The lowest BCUT2D eigenvalue weighted by Gasteiger charge is -2.16. The van der Waals surface area contributed by atoms with Crippen LogP contribution in [0.4, 0.5) is 0 Å². The summed E-state index contributed by atoms with van der Waals surface area (Å²) in [6, 6.07) is 8.76. The maximum Gasteiger partial charge on any atom is 0.147 e. The molecular weight excluding hydrogens is 246 g/mol. The van der Waals surface area contributed by atoms with Gasteiger partial charge in [-0.3, -0.25) is 0 Å². The van der Waals surface area contributed by atoms with E-state index in [1.54, 1.807) is 0 Å². The fraction of sp³-hybridized carbons (Fsp3) is 0.571. The van der Waals surface area contributed by atoms with Crippen molar-refractivity contribution < 1.29 is 8.42 Å². The number of aryl methyl sites for hydroxylation is 1. The lowest BCUT2D eigenvalue weighted by Crippen LogP contribution is -2.17. The first kappa shape index (κ1) is 15.2. The van der Waals surface area contributed by atoms with Crippen LogP contribution in [0.15, 0.2) is 24.3 Å². The van der Waals surface area contributed by atoms with Crippen molar-refractivity contribution in [2.45, 2.75) is 32.2 Å². The first-order valence-corrected chi connectivity index (χ1v) is 8.46. The van der Waals surface area contributed by atoms with E-state index < -0.39 is 9.84 Å². The van der Waals surface area contributed by atoms with Crippen LogP contribution in [0.2, 0.25) is 0 Å². The summed E-state index contributed by atoms with van der Waals surface area (Å²) >= 11 is 0. The SMILES string of the molecule is CCc1ccc(C(CCCS(C)(=O)=O)NC)cc1. The predicted octanol–water partition coefficient (Wildman–Crippen LogP) is 2.33. The van der Waals surface area contributed by atoms with Crippen LogP contribution < -0.4 is 5.32 Å². The van der Waals surface area contributed by atoms with Gasteiger partial charge in [0.05, 0.1) is 0 Å². The lowest BCUT2D eigenvalue weighted by molar-refractivity contribution is 0.536. The Kier molecular flexibility index (Phi) is 5.82. The van der Waals surface area contributed by atoms with Gasteiger partial charge in [0, 0.05) is 18.1 Å². The van der Waals surface area contributed by atoms with Crippen molar-refractivity contribution in [2.24, 2.45) is 0 Å². The number of sulfone groups is 1. The molecule has 1 atom stereocenters. The molecule has 4 heteroatoms. The molecule has 0 saturated carbocycles. The molecule has 102 valence electrons. The Morgan fingerprint density at radius 3 is 2.28 bits per heavy atom. The maximum atomic E-state index is 11.1. The fourth-order valence-corrected chi connectivity index (χ4v) is 2.70. The van der Waals surface area contributed by atoms with E-state index in [1.165, 1.54) is 17.4 Å². The van der Waals surface area contributed by atoms with Gasteiger partial charge in [0.1, 0.15) is 9.84 Å². The number of hydrogen-bond acceptors (Lipinski definition) is 3. The lowest BCUT2D eigenvalue weighted by atomic mass is 10.0. The second-order valence-electron chi connectivity index (χ2n) is 4.71. The van der Waals surface area contributed by atoms with Gasteiger partial charge in [-0.1, -0.05) is 31.2 Å². The van der Waals surface area contributed by atoms with Gasteiger partial charge >= 0.3 is 0 Å². The largest absolute Gasteiger partial charge is 0.313 e. The van der Waals surface area contributed by atoms with Crippen LogP contribution in [0, 0.1) is 0 Å². The quantitative estimate of drug-likeness (QED) is 0.826. The molecule has 0 saturated heterocycles. The molecule has 0 amide bonds. The highest BCUT2D eigenvalue weighted by atomic mass is 32.2. The number of benzene rings is 1. The monoisotopic (exact) mass is 269 g/mol. The first-order valence-electron chi connectivity index (χ1n) is 6.40. The summed E-state index contributed by atoms with van der Waals surface area (Å²) in [5.74, 6) is 0.262. The molecule has 0 fully saturated rings. The third-order valence-corrected chi connectivity index (χ3v) is 4.18. The fourth-order valence-electron chi connectivity index (χ4n) is 2.01. The Labute approximate surface area is 111 Å². The van der Waals surface area contributed by atoms with Crippen LogP contribution in [-0.4, -0.2) is 27.5 Å². The molecule has 0 aliphatic carbocycles. The maximum absolute atomic E-state index is 11.1. The molecule has 0 aliphatic heterocycles. The molecule has 0 heterocycles. The zero-order valence-corrected chi connectivity index (χ0v) is 12.3. The molecule has 1 rings (SSSR count). The molecule has 1 unspecified atom stereocenters. The second-order valence-corrected chi connectivity index (χ2v) is 6.97. The van der Waals surface area contributed by atoms with Crippen LogP contribution in [0.3, 0.4) is 0 Å². The summed E-state index contributed by atoms with van der Waals surface area (Å²) in [5.41, 5.74) is 2.55. The van der Waals surface area contributed by atoms with E-state index in [-0.39, 0.29) is 11.8 Å². The van der Waals surface area contributed by atoms with E-state index >= 15 is 0 Å². The average molecular weight is 269 g/mol. The highest BCUT2D eigenvalue weighted by molar-refractivity contribution is 7.90. The van der Waals surface area contributed by atoms with Gasteiger partial charge in [0.2, 0.25) is 0 Å². The summed E-state index contributed by atoms with van der Waals surface area (Å²) in [6.07, 6.45) is 3.87. The molecule has 0 aromatic heterocycles. The Hall–Kier alpha value is -0.870. The summed E-state index contributed by atoms with van der Waals surface area (Å²) in [5, 5.41) is 3.25. The zero-order valence-electron chi connectivity index (χ0n) is 11.4. The minimum atomic E-state index is -2.85. The molecule has 1 aromatic rings. The highest BCUT2D eigenvalue weighted by Crippen LogP contribution is 2.19. The Morgan fingerprint density at radius 1 is 1.22 bits per heavy atom. The van der Waals surface area contributed by atoms with Gasteiger partial charge in [-0.25, -0.2) is 8.42 Å². The normalized spacial score (nSPS) is 13.5. The first-order chi connectivity index (χ1) is 8.46. The van der Waals surface area contributed by atoms with Crippen LogP contribution in [0.5, 0.6) is 0 Å². The topological polar surface area (TPSA) is 46.2 Å². The van der Waals surface area contributed by atoms with E-state index in [9.17, 15) is 8.42 Å². The van der Waals surface area contributed by atoms with Crippen LogP contribution in [0.25, 0.3) is 0 Å². The molecule has 3 nitrogen and oxygen atoms in total. The van der Waals surface area contributed by atoms with Gasteiger partial charge in [0.15, 0.2) is 0 Å². The summed E-state index contributed by atoms with van der Waals surface area (Å²) in [4.78, 5) is 0. The molecule has 1 N–H and O–H groups in total. The Morgan fingerprint density at radius 2 is 1.83 bits per heavy atom. The van der Waals surface area contributed by atoms with Crippen molar-refractivity contribution in [3.63, 3.8) is 0 Å². The van der Waals surface area contributed by atoms with Crippen molar-refractivity contribution in [1.29, 1.82) is 0 Å². The van der Waals surface area contributed by atoms with Crippen molar-refractivity contribution in [3.8, 4) is 0 Å². The van der Waals surface area contributed by atoms with E-state index in [1.807, 2.05) is 7.05 Å². The second kappa shape index (κ2) is 6.90. The molecule has 1 aromatic carbocycles. The molecule has 0 bridgehead atoms. The Balaban J connectivity index is 2.59. The third-order valence-electron chi connectivity index (χ3n) is 3.15. The number of nitrogens with one attached hydrogen (secondary N) is 1. The molecule has 0 radical (unpaired) electrons. The van der Waals surface area contributed by atoms with Gasteiger partial charge < -0.3 is 5.32 Å². The van der Waals surface area contributed by atoms with Crippen LogP contribution in [-0.2, 0) is 16.3 Å². The summed E-state index contributed by atoms with van der Waals surface area (Å²) < 4.78 is 22.2. The number of hydrogen-bond donors (Lipinski definition) is 1. The molecule has 18 heavy (non-hydrogen) atoms. The molecular formula is C14H23NO2S. The number of rotatable bonds is 7. The standard InChI is InChI=1S/C14H23NO2S/c1-4-12-7-9-13(10-8-12)14(15-2)6-5-11-18(3,16)17/h7-10,14-15H,4-6,11H2,1-3H3. The van der Waals surface area contributed by atoms with Crippen LogP contribution in [0.1, 0.15) is 36.9 Å². The zero-order chi connectivity index (χ0) is 13.6. The van der Waals surface area contributed by atoms with Crippen molar-refractivity contribution in [2.75, 3.05) is 19.1 Å². The minimum absolute atomic E-state index is 0.234. The summed E-state index contributed by atoms with van der Waals surface area (Å²) in [7, 11) is -0.933. The van der Waals surface area contributed by atoms with Gasteiger partial charge in [-0.05, 0) is 37.4 Å². The van der Waals surface area contributed by atoms with E-state index in [0.717, 1.165) is 12.8 Å². The minimum Gasteiger partial charge on any atom is -0.313 e. The average Bonchev–Trinajstić information content (AvgIpc) is 2.34.